The molecule has 6 aliphatic rings. The Morgan fingerprint density at radius 3 is 2.69 bits per heavy atom. The van der Waals surface area contributed by atoms with Gasteiger partial charge in [0.15, 0.2) is 0 Å². The predicted octanol–water partition coefficient (Wildman–Crippen LogP) is 1.09. The van der Waals surface area contributed by atoms with Crippen LogP contribution in [0.4, 0.5) is 0 Å². The smallest absolute Gasteiger partial charge is 0.334 e. The summed E-state index contributed by atoms with van der Waals surface area (Å²) in [4.78, 5) is 12.0. The van der Waals surface area contributed by atoms with Crippen LogP contribution in [0, 0.1) is 17.3 Å². The molecule has 0 aromatic heterocycles. The minimum Gasteiger partial charge on any atom is -0.458 e. The lowest BCUT2D eigenvalue weighted by Gasteiger charge is -2.59. The molecule has 8 atom stereocenters. The second-order valence-corrected chi connectivity index (χ2v) is 9.74. The number of carbonyl (C=O) groups is 1. The molecule has 2 saturated heterocycles. The summed E-state index contributed by atoms with van der Waals surface area (Å²) in [5.41, 5.74) is -1.17. The van der Waals surface area contributed by atoms with Crippen molar-refractivity contribution in [3.05, 3.63) is 11.1 Å². The molecule has 0 amide bonds. The number of cyclic esters (lactones) is 1. The summed E-state index contributed by atoms with van der Waals surface area (Å²) in [5.74, 6) is 0.0860. The first-order valence-corrected chi connectivity index (χ1v) is 9.89. The zero-order valence-electron chi connectivity index (χ0n) is 15.4. The van der Waals surface area contributed by atoms with Crippen molar-refractivity contribution >= 4 is 5.97 Å². The third-order valence-electron chi connectivity index (χ3n) is 8.81. The molecule has 2 saturated carbocycles. The van der Waals surface area contributed by atoms with Crippen LogP contribution in [0.25, 0.3) is 0 Å². The Morgan fingerprint density at radius 1 is 1.19 bits per heavy atom. The number of aliphatic hydroxyl groups excluding tert-OH is 1. The quantitative estimate of drug-likeness (QED) is 0.536. The summed E-state index contributed by atoms with van der Waals surface area (Å²) in [5, 5.41) is 23.1. The average molecular weight is 362 g/mol. The molecule has 0 radical (unpaired) electrons. The maximum Gasteiger partial charge on any atom is 0.334 e. The highest BCUT2D eigenvalue weighted by molar-refractivity contribution is 5.92. The van der Waals surface area contributed by atoms with Gasteiger partial charge in [0.05, 0.1) is 0 Å². The van der Waals surface area contributed by atoms with Crippen LogP contribution in [-0.2, 0) is 19.0 Å². The van der Waals surface area contributed by atoms with Crippen LogP contribution < -0.4 is 0 Å². The zero-order valence-corrected chi connectivity index (χ0v) is 15.4. The Hall–Kier alpha value is -0.950. The molecule has 6 rings (SSSR count). The van der Waals surface area contributed by atoms with Gasteiger partial charge < -0.3 is 24.4 Å². The third kappa shape index (κ3) is 1.32. The van der Waals surface area contributed by atoms with Crippen molar-refractivity contribution in [2.24, 2.45) is 17.3 Å². The van der Waals surface area contributed by atoms with Crippen LogP contribution in [0.2, 0.25) is 0 Å². The molecule has 0 unspecified atom stereocenters. The molecule has 4 fully saturated rings. The Kier molecular flexibility index (Phi) is 2.60. The Morgan fingerprint density at radius 2 is 1.96 bits per heavy atom. The Bertz CT molecular complexity index is 774. The van der Waals surface area contributed by atoms with Gasteiger partial charge in [-0.15, -0.1) is 0 Å². The number of hydrogen-bond donors (Lipinski definition) is 2. The van der Waals surface area contributed by atoms with E-state index in [1.165, 1.54) is 0 Å². The van der Waals surface area contributed by atoms with Gasteiger partial charge in [0.25, 0.3) is 0 Å². The van der Waals surface area contributed by atoms with E-state index in [4.69, 9.17) is 14.2 Å². The normalized spacial score (nSPS) is 59.1. The first kappa shape index (κ1) is 16.0. The van der Waals surface area contributed by atoms with Crippen LogP contribution in [0.15, 0.2) is 11.1 Å². The Labute approximate surface area is 152 Å². The molecule has 142 valence electrons. The molecule has 3 aliphatic heterocycles. The van der Waals surface area contributed by atoms with Crippen molar-refractivity contribution < 1.29 is 29.2 Å². The van der Waals surface area contributed by atoms with Crippen molar-refractivity contribution in [3.8, 4) is 0 Å². The summed E-state index contributed by atoms with van der Waals surface area (Å²) in [6, 6.07) is 0. The van der Waals surface area contributed by atoms with Gasteiger partial charge in [-0.2, -0.15) is 0 Å². The van der Waals surface area contributed by atoms with Crippen molar-refractivity contribution in [2.45, 2.75) is 81.6 Å². The maximum absolute atomic E-state index is 12.0. The highest BCUT2D eigenvalue weighted by atomic mass is 16.7. The first-order valence-electron chi connectivity index (χ1n) is 9.89. The van der Waals surface area contributed by atoms with Crippen molar-refractivity contribution in [1.29, 1.82) is 0 Å². The van der Waals surface area contributed by atoms with Crippen molar-refractivity contribution in [1.82, 2.24) is 0 Å². The second-order valence-electron chi connectivity index (χ2n) is 9.74. The summed E-state index contributed by atoms with van der Waals surface area (Å²) in [7, 11) is 0. The van der Waals surface area contributed by atoms with Crippen molar-refractivity contribution in [2.75, 3.05) is 6.61 Å². The minimum absolute atomic E-state index is 0.112. The van der Waals surface area contributed by atoms with Gasteiger partial charge in [-0.05, 0) is 43.1 Å². The summed E-state index contributed by atoms with van der Waals surface area (Å²) >= 11 is 0. The van der Waals surface area contributed by atoms with Crippen LogP contribution in [-0.4, -0.2) is 57.9 Å². The van der Waals surface area contributed by atoms with E-state index in [2.05, 4.69) is 6.92 Å². The molecule has 6 heteroatoms. The van der Waals surface area contributed by atoms with E-state index in [1.54, 1.807) is 0 Å². The van der Waals surface area contributed by atoms with E-state index < -0.39 is 22.9 Å². The van der Waals surface area contributed by atoms with Gasteiger partial charge in [-0.25, -0.2) is 4.79 Å². The van der Waals surface area contributed by atoms with Crippen LogP contribution in [0.3, 0.4) is 0 Å². The number of hydrogen-bond acceptors (Lipinski definition) is 6. The zero-order chi connectivity index (χ0) is 18.3. The molecular formula is C20H26O6. The molecule has 6 nitrogen and oxygen atoms in total. The maximum atomic E-state index is 12.0. The molecule has 0 aromatic carbocycles. The van der Waals surface area contributed by atoms with Gasteiger partial charge in [0.2, 0.25) is 0 Å². The van der Waals surface area contributed by atoms with E-state index in [9.17, 15) is 15.0 Å². The fourth-order valence-electron chi connectivity index (χ4n) is 7.39. The monoisotopic (exact) mass is 362 g/mol. The SMILES string of the molecule is CC(C)[C@]12O[C@H]1[C@H]1O[C@@]13[C@@]1(C)CCC4=C(COC4=O)[C@@H]1CC[C@@]3(O)[C@@H]2O. The molecule has 2 N–H and O–H groups in total. The third-order valence-corrected chi connectivity index (χ3v) is 8.81. The molecule has 3 heterocycles. The largest absolute Gasteiger partial charge is 0.458 e. The van der Waals surface area contributed by atoms with Crippen LogP contribution in [0.5, 0.6) is 0 Å². The predicted molar refractivity (Wildman–Crippen MR) is 89.1 cm³/mol. The highest BCUT2D eigenvalue weighted by Crippen LogP contribution is 2.77. The van der Waals surface area contributed by atoms with Gasteiger partial charge in [-0.3, -0.25) is 0 Å². The fraction of sp³-hybridized carbons (Fsp3) is 0.850. The molecule has 0 aromatic rings. The minimum atomic E-state index is -1.30. The fourth-order valence-corrected chi connectivity index (χ4v) is 7.39. The van der Waals surface area contributed by atoms with Gasteiger partial charge in [0, 0.05) is 11.0 Å². The lowest BCUT2D eigenvalue weighted by atomic mass is 9.45. The second kappa shape index (κ2) is 4.22. The lowest BCUT2D eigenvalue weighted by Crippen LogP contribution is -2.73. The topological polar surface area (TPSA) is 91.8 Å². The molecule has 0 bridgehead atoms. The van der Waals surface area contributed by atoms with Gasteiger partial charge in [-0.1, -0.05) is 20.8 Å². The van der Waals surface area contributed by atoms with E-state index in [0.29, 0.717) is 19.4 Å². The number of ether oxygens (including phenoxy) is 3. The number of epoxide rings is 2. The number of aliphatic hydroxyl groups is 2. The first-order chi connectivity index (χ1) is 12.2. The van der Waals surface area contributed by atoms with Crippen molar-refractivity contribution in [3.63, 3.8) is 0 Å². The number of fused-ring (bicyclic) bond motifs is 4. The average Bonchev–Trinajstić information content (AvgIpc) is 3.46. The number of rotatable bonds is 1. The van der Waals surface area contributed by atoms with Gasteiger partial charge in [0.1, 0.15) is 41.7 Å². The lowest BCUT2D eigenvalue weighted by molar-refractivity contribution is -0.217. The molecular weight excluding hydrogens is 336 g/mol. The van der Waals surface area contributed by atoms with Gasteiger partial charge >= 0.3 is 5.97 Å². The van der Waals surface area contributed by atoms with E-state index in [-0.39, 0.29) is 35.4 Å². The van der Waals surface area contributed by atoms with E-state index in [1.807, 2.05) is 13.8 Å². The van der Waals surface area contributed by atoms with E-state index >= 15 is 0 Å². The van der Waals surface area contributed by atoms with Crippen LogP contribution in [0.1, 0.15) is 46.5 Å². The van der Waals surface area contributed by atoms with Crippen LogP contribution >= 0.6 is 0 Å². The summed E-state index contributed by atoms with van der Waals surface area (Å²) in [6.45, 7) is 6.61. The standard InChI is InChI=1S/C20H26O6/c1-9(2)19-13(25-19)14-20(26-14)17(3)6-4-10-11(8-24-15(10)21)12(17)5-7-18(20,23)16(19)22/h9,12-14,16,22-23H,4-8H2,1-3H3/t12-,13-,14+,16-,17-,18+,19-,20+/m0/s1. The summed E-state index contributed by atoms with van der Waals surface area (Å²) in [6.07, 6.45) is 1.34. The molecule has 1 spiro atoms. The molecule has 3 aliphatic carbocycles. The summed E-state index contributed by atoms with van der Waals surface area (Å²) < 4.78 is 17.7. The Balaban J connectivity index is 1.48. The number of carbonyl (C=O) groups excluding carboxylic acids is 1. The highest BCUT2D eigenvalue weighted by Gasteiger charge is 2.93. The van der Waals surface area contributed by atoms with E-state index in [0.717, 1.165) is 24.0 Å². The number of esters is 1. The molecule has 26 heavy (non-hydrogen) atoms.